The summed E-state index contributed by atoms with van der Waals surface area (Å²) < 4.78 is 42.7. The Hall–Kier alpha value is -4.65. The summed E-state index contributed by atoms with van der Waals surface area (Å²) in [6.45, 7) is 8.53. The molecule has 0 aliphatic carbocycles. The van der Waals surface area contributed by atoms with Crippen molar-refractivity contribution in [3.63, 3.8) is 0 Å². The average molecular weight is 665 g/mol. The number of carbonyl (C=O) groups is 2. The van der Waals surface area contributed by atoms with Crippen molar-refractivity contribution >= 4 is 34.6 Å². The summed E-state index contributed by atoms with van der Waals surface area (Å²) in [4.78, 5) is 35.9. The monoisotopic (exact) mass is 664 g/mol. The number of amides is 3. The highest BCUT2D eigenvalue weighted by molar-refractivity contribution is 8.15. The zero-order chi connectivity index (χ0) is 33.8. The van der Waals surface area contributed by atoms with Gasteiger partial charge in [0.1, 0.15) is 12.1 Å². The van der Waals surface area contributed by atoms with Crippen LogP contribution in [0.2, 0.25) is 0 Å². The minimum absolute atomic E-state index is 0.0936. The Morgan fingerprint density at radius 1 is 1.06 bits per heavy atom. The normalized spacial score (nSPS) is 14.6. The Morgan fingerprint density at radius 2 is 1.79 bits per heavy atom. The van der Waals surface area contributed by atoms with Gasteiger partial charge in [-0.1, -0.05) is 75.4 Å². The smallest absolute Gasteiger partial charge is 0.406 e. The molecule has 5 rings (SSSR count). The second-order valence-corrected chi connectivity index (χ2v) is 13.0. The molecule has 3 aromatic carbocycles. The molecule has 3 amide bonds. The number of carbonyl (C=O) groups excluding carboxylic acids is 2. The molecule has 0 saturated carbocycles. The van der Waals surface area contributed by atoms with Crippen LogP contribution in [0.4, 0.5) is 23.7 Å². The number of halogens is 3. The summed E-state index contributed by atoms with van der Waals surface area (Å²) in [7, 11) is 0. The molecule has 4 aromatic rings. The predicted molar refractivity (Wildman–Crippen MR) is 177 cm³/mol. The molecule has 0 spiro atoms. The maximum absolute atomic E-state index is 12.9. The first-order valence-corrected chi connectivity index (χ1v) is 16.1. The Balaban J connectivity index is 1.19. The third-order valence-corrected chi connectivity index (χ3v) is 8.33. The lowest BCUT2D eigenvalue weighted by atomic mass is 9.85. The minimum Gasteiger partial charge on any atom is -0.406 e. The van der Waals surface area contributed by atoms with Crippen LogP contribution < -0.4 is 15.0 Å². The molecule has 9 nitrogen and oxygen atoms in total. The summed E-state index contributed by atoms with van der Waals surface area (Å²) in [6, 6.07) is 18.6. The van der Waals surface area contributed by atoms with Crippen molar-refractivity contribution in [1.29, 1.82) is 0 Å². The van der Waals surface area contributed by atoms with Gasteiger partial charge in [0, 0.05) is 12.1 Å². The number of thioether (sulfide) groups is 1. The van der Waals surface area contributed by atoms with E-state index < -0.39 is 12.4 Å². The Kier molecular flexibility index (Phi) is 10.0. The Morgan fingerprint density at radius 3 is 2.47 bits per heavy atom. The highest BCUT2D eigenvalue weighted by Gasteiger charge is 2.33. The molecule has 2 heterocycles. The van der Waals surface area contributed by atoms with Crippen LogP contribution in [0, 0.1) is 12.3 Å². The van der Waals surface area contributed by atoms with Gasteiger partial charge in [-0.2, -0.15) is 4.99 Å². The molecule has 1 N–H and O–H groups in total. The van der Waals surface area contributed by atoms with E-state index in [4.69, 9.17) is 0 Å². The van der Waals surface area contributed by atoms with E-state index in [1.54, 1.807) is 4.90 Å². The van der Waals surface area contributed by atoms with Crippen LogP contribution >= 0.6 is 11.8 Å². The van der Waals surface area contributed by atoms with Crippen molar-refractivity contribution < 1.29 is 27.5 Å². The van der Waals surface area contributed by atoms with Crippen LogP contribution in [0.15, 0.2) is 78.0 Å². The number of hydrogen-bond acceptors (Lipinski definition) is 6. The zero-order valence-electron chi connectivity index (χ0n) is 26.5. The molecule has 1 fully saturated rings. The third kappa shape index (κ3) is 8.79. The second-order valence-electron chi connectivity index (χ2n) is 12.0. The number of aromatic nitrogens is 3. The lowest BCUT2D eigenvalue weighted by Gasteiger charge is -2.25. The first-order valence-electron chi connectivity index (χ1n) is 15.1. The number of hydrogen-bond donors (Lipinski definition) is 1. The first kappa shape index (κ1) is 33.7. The van der Waals surface area contributed by atoms with Gasteiger partial charge in [0.2, 0.25) is 5.91 Å². The zero-order valence-corrected chi connectivity index (χ0v) is 27.3. The number of urea groups is 1. The number of aliphatic imine (C=N–C) groups is 1. The highest BCUT2D eigenvalue weighted by atomic mass is 32.2. The number of nitrogens with zero attached hydrogens (tertiary/aromatic N) is 5. The predicted octanol–water partition coefficient (Wildman–Crippen LogP) is 7.51. The number of alkyl halides is 3. The van der Waals surface area contributed by atoms with Crippen LogP contribution in [0.25, 0.3) is 17.1 Å². The summed E-state index contributed by atoms with van der Waals surface area (Å²) in [6.07, 6.45) is -0.849. The number of ether oxygens (including phenoxy) is 1. The van der Waals surface area contributed by atoms with E-state index in [1.807, 2.05) is 63.2 Å². The van der Waals surface area contributed by atoms with E-state index in [-0.39, 0.29) is 22.8 Å². The molecule has 246 valence electrons. The van der Waals surface area contributed by atoms with Crippen LogP contribution in [0.5, 0.6) is 5.75 Å². The fourth-order valence-electron chi connectivity index (χ4n) is 5.19. The number of anilines is 1. The number of aryl methyl sites for hydroxylation is 2. The summed E-state index contributed by atoms with van der Waals surface area (Å²) >= 11 is 1.26. The molecule has 1 saturated heterocycles. The summed E-state index contributed by atoms with van der Waals surface area (Å²) in [5, 5.41) is 7.75. The summed E-state index contributed by atoms with van der Waals surface area (Å²) in [5.41, 5.74) is 4.91. The average Bonchev–Trinajstić information content (AvgIpc) is 3.64. The fraction of sp³-hybridized carbons (Fsp3) is 0.324. The van der Waals surface area contributed by atoms with Gasteiger partial charge in [-0.3, -0.25) is 9.69 Å². The molecular weight excluding hydrogens is 629 g/mol. The van der Waals surface area contributed by atoms with E-state index in [9.17, 15) is 22.8 Å². The third-order valence-electron chi connectivity index (χ3n) is 7.40. The number of amidine groups is 1. The lowest BCUT2D eigenvalue weighted by Crippen LogP contribution is -2.36. The fourth-order valence-corrected chi connectivity index (χ4v) is 6.05. The first-order chi connectivity index (χ1) is 22.3. The second kappa shape index (κ2) is 14.0. The maximum Gasteiger partial charge on any atom is 0.573 e. The molecule has 0 bridgehead atoms. The van der Waals surface area contributed by atoms with Crippen LogP contribution in [0.3, 0.4) is 0 Å². The van der Waals surface area contributed by atoms with Gasteiger partial charge in [0.25, 0.3) is 0 Å². The van der Waals surface area contributed by atoms with Crippen LogP contribution in [0.1, 0.15) is 43.9 Å². The quantitative estimate of drug-likeness (QED) is 0.188. The molecule has 13 heteroatoms. The van der Waals surface area contributed by atoms with Crippen molar-refractivity contribution in [3.8, 4) is 22.8 Å². The van der Waals surface area contributed by atoms with E-state index >= 15 is 0 Å². The van der Waals surface area contributed by atoms with Gasteiger partial charge in [-0.15, -0.1) is 18.3 Å². The van der Waals surface area contributed by atoms with Crippen molar-refractivity contribution in [2.24, 2.45) is 10.4 Å². The van der Waals surface area contributed by atoms with Gasteiger partial charge in [0.15, 0.2) is 11.0 Å². The van der Waals surface area contributed by atoms with E-state index in [0.717, 1.165) is 40.8 Å². The lowest BCUT2D eigenvalue weighted by molar-refractivity contribution is -0.274. The minimum atomic E-state index is -4.76. The SMILES string of the molecule is CCCc1ccc(C)cc1N1C(=O)CS/C1=N\C(=O)NCC(C)(C)Cc1ccc(-c2ncn(-c3ccc(OC(F)(F)F)cc3)n2)cc1. The Labute approximate surface area is 275 Å². The number of rotatable bonds is 10. The highest BCUT2D eigenvalue weighted by Crippen LogP contribution is 2.32. The van der Waals surface area contributed by atoms with Crippen molar-refractivity contribution in [2.45, 2.75) is 53.3 Å². The number of nitrogens with one attached hydrogen (secondary N) is 1. The van der Waals surface area contributed by atoms with Crippen LogP contribution in [-0.2, 0) is 17.6 Å². The molecule has 1 aliphatic heterocycles. The van der Waals surface area contributed by atoms with E-state index in [0.29, 0.717) is 29.6 Å². The Bertz CT molecular complexity index is 1770. The summed E-state index contributed by atoms with van der Waals surface area (Å²) in [5.74, 6) is 0.283. The van der Waals surface area contributed by atoms with Crippen molar-refractivity contribution in [1.82, 2.24) is 20.1 Å². The van der Waals surface area contributed by atoms with E-state index in [2.05, 4.69) is 32.1 Å². The van der Waals surface area contributed by atoms with Crippen molar-refractivity contribution in [2.75, 3.05) is 17.2 Å². The standard InChI is InChI=1S/C34H35F3N6O3S/c1-5-6-24-10-7-22(2)17-28(24)43-29(44)19-47-32(43)40-31(45)38-20-33(3,4)18-23-8-11-25(12-9-23)30-39-21-42(41-30)26-13-15-27(16-14-26)46-34(35,36)37/h7-17,21H,5-6,18-20H2,1-4H3,(H,38,45)/b40-32-. The van der Waals surface area contributed by atoms with Gasteiger partial charge in [-0.25, -0.2) is 14.5 Å². The van der Waals surface area contributed by atoms with Gasteiger partial charge >= 0.3 is 12.4 Å². The molecule has 1 aliphatic rings. The molecule has 0 radical (unpaired) electrons. The molecule has 47 heavy (non-hydrogen) atoms. The molecule has 1 aromatic heterocycles. The molecular formula is C34H35F3N6O3S. The molecule has 0 unspecified atom stereocenters. The van der Waals surface area contributed by atoms with Gasteiger partial charge < -0.3 is 10.1 Å². The molecule has 0 atom stereocenters. The largest absolute Gasteiger partial charge is 0.573 e. The topological polar surface area (TPSA) is 102 Å². The van der Waals surface area contributed by atoms with Crippen LogP contribution in [-0.4, -0.2) is 50.5 Å². The van der Waals surface area contributed by atoms with Gasteiger partial charge in [-0.05, 0) is 72.2 Å². The van der Waals surface area contributed by atoms with E-state index in [1.165, 1.54) is 47.0 Å². The number of benzene rings is 3. The maximum atomic E-state index is 12.9. The van der Waals surface area contributed by atoms with Crippen molar-refractivity contribution in [3.05, 3.63) is 89.7 Å². The van der Waals surface area contributed by atoms with Gasteiger partial charge in [0.05, 0.1) is 17.1 Å².